The molecule has 0 bridgehead atoms. The largest absolute Gasteiger partial charge is 0.495 e. The molecule has 1 aromatic carbocycles. The van der Waals surface area contributed by atoms with Gasteiger partial charge in [-0.1, -0.05) is 11.6 Å². The molecule has 0 saturated carbocycles. The van der Waals surface area contributed by atoms with Crippen molar-refractivity contribution in [1.82, 2.24) is 10.6 Å². The molecule has 2 rings (SSSR count). The van der Waals surface area contributed by atoms with Crippen molar-refractivity contribution >= 4 is 29.1 Å². The zero-order valence-corrected chi connectivity index (χ0v) is 13.9. The molecule has 126 valence electrons. The van der Waals surface area contributed by atoms with Crippen LogP contribution in [-0.4, -0.2) is 38.6 Å². The molecular weight excluding hydrogens is 318 g/mol. The summed E-state index contributed by atoms with van der Waals surface area (Å²) in [6.45, 7) is 1.98. The summed E-state index contributed by atoms with van der Waals surface area (Å²) in [5, 5.41) is 9.27. The number of methoxy groups -OCH3 is 1. The molecule has 1 unspecified atom stereocenters. The fourth-order valence-electron chi connectivity index (χ4n) is 2.51. The molecule has 0 aromatic heterocycles. The molecule has 1 atom stereocenters. The van der Waals surface area contributed by atoms with E-state index in [0.29, 0.717) is 29.5 Å². The number of carbonyl (C=O) groups excluding carboxylic acids is 2. The van der Waals surface area contributed by atoms with Gasteiger partial charge in [-0.05, 0) is 37.6 Å². The average Bonchev–Trinajstić information content (AvgIpc) is 2.56. The van der Waals surface area contributed by atoms with Crippen LogP contribution in [0.25, 0.3) is 0 Å². The van der Waals surface area contributed by atoms with Crippen molar-refractivity contribution in [3.8, 4) is 5.75 Å². The van der Waals surface area contributed by atoms with Gasteiger partial charge in [-0.3, -0.25) is 9.59 Å². The second kappa shape index (κ2) is 8.74. The van der Waals surface area contributed by atoms with Crippen LogP contribution >= 0.6 is 11.6 Å². The maximum atomic E-state index is 12.0. The summed E-state index contributed by atoms with van der Waals surface area (Å²) < 4.78 is 5.17. The molecule has 7 heteroatoms. The van der Waals surface area contributed by atoms with Crippen LogP contribution in [0.4, 0.5) is 5.69 Å². The molecule has 1 aliphatic rings. The van der Waals surface area contributed by atoms with Crippen LogP contribution in [0.5, 0.6) is 5.75 Å². The predicted octanol–water partition coefficient (Wildman–Crippen LogP) is 1.79. The molecule has 0 spiro atoms. The van der Waals surface area contributed by atoms with Crippen LogP contribution in [0.3, 0.4) is 0 Å². The van der Waals surface area contributed by atoms with Crippen LogP contribution in [0.2, 0.25) is 5.02 Å². The Bertz CT molecular complexity index is 560. The van der Waals surface area contributed by atoms with Crippen molar-refractivity contribution in [2.75, 3.05) is 32.1 Å². The van der Waals surface area contributed by atoms with Gasteiger partial charge in [-0.15, -0.1) is 0 Å². The highest BCUT2D eigenvalue weighted by molar-refractivity contribution is 6.31. The van der Waals surface area contributed by atoms with Gasteiger partial charge < -0.3 is 20.7 Å². The first-order chi connectivity index (χ1) is 11.1. The Hall–Kier alpha value is -1.79. The van der Waals surface area contributed by atoms with Gasteiger partial charge in [0.15, 0.2) is 0 Å². The fraction of sp³-hybridized carbons (Fsp3) is 0.500. The summed E-state index contributed by atoms with van der Waals surface area (Å²) in [4.78, 5) is 23.9. The van der Waals surface area contributed by atoms with E-state index >= 15 is 0 Å². The molecule has 23 heavy (non-hydrogen) atoms. The molecule has 0 radical (unpaired) electrons. The van der Waals surface area contributed by atoms with Gasteiger partial charge in [-0.2, -0.15) is 0 Å². The lowest BCUT2D eigenvalue weighted by atomic mass is 9.99. The maximum absolute atomic E-state index is 12.0. The molecule has 1 aromatic rings. The fourth-order valence-corrected chi connectivity index (χ4v) is 2.68. The minimum atomic E-state index is -0.201. The highest BCUT2D eigenvalue weighted by Gasteiger charge is 2.20. The molecule has 1 heterocycles. The summed E-state index contributed by atoms with van der Waals surface area (Å²) in [7, 11) is 1.53. The molecular formula is C16H22ClN3O3. The number of piperidine rings is 1. The second-order valence-electron chi connectivity index (χ2n) is 5.48. The number of halogens is 1. The number of nitrogens with one attached hydrogen (secondary N) is 3. The first-order valence-corrected chi connectivity index (χ1v) is 8.09. The van der Waals surface area contributed by atoms with Gasteiger partial charge >= 0.3 is 0 Å². The number of rotatable bonds is 6. The number of hydrogen-bond acceptors (Lipinski definition) is 4. The van der Waals surface area contributed by atoms with E-state index in [2.05, 4.69) is 16.0 Å². The quantitative estimate of drug-likeness (QED) is 0.738. The SMILES string of the molecule is COc1ccc(Cl)cc1NC(=O)CCNC(=O)C1CCCNC1. The minimum Gasteiger partial charge on any atom is -0.495 e. The Morgan fingerprint density at radius 1 is 1.43 bits per heavy atom. The van der Waals surface area contributed by atoms with E-state index < -0.39 is 0 Å². The second-order valence-corrected chi connectivity index (χ2v) is 5.91. The molecule has 1 saturated heterocycles. The van der Waals surface area contributed by atoms with Gasteiger partial charge in [0.05, 0.1) is 18.7 Å². The van der Waals surface area contributed by atoms with Crippen LogP contribution in [0.15, 0.2) is 18.2 Å². The molecule has 3 N–H and O–H groups in total. The van der Waals surface area contributed by atoms with Crippen molar-refractivity contribution < 1.29 is 14.3 Å². The molecule has 0 aliphatic carbocycles. The van der Waals surface area contributed by atoms with Crippen LogP contribution in [0, 0.1) is 5.92 Å². The Balaban J connectivity index is 1.77. The topological polar surface area (TPSA) is 79.5 Å². The zero-order chi connectivity index (χ0) is 16.7. The molecule has 1 aliphatic heterocycles. The third-order valence-electron chi connectivity index (χ3n) is 3.75. The van der Waals surface area contributed by atoms with Crippen molar-refractivity contribution in [2.45, 2.75) is 19.3 Å². The van der Waals surface area contributed by atoms with Gasteiger partial charge in [-0.25, -0.2) is 0 Å². The van der Waals surface area contributed by atoms with Crippen molar-refractivity contribution in [2.24, 2.45) is 5.92 Å². The lowest BCUT2D eigenvalue weighted by Gasteiger charge is -2.21. The Morgan fingerprint density at radius 2 is 2.26 bits per heavy atom. The van der Waals surface area contributed by atoms with Crippen molar-refractivity contribution in [3.63, 3.8) is 0 Å². The first kappa shape index (κ1) is 17.6. The van der Waals surface area contributed by atoms with Crippen LogP contribution in [-0.2, 0) is 9.59 Å². The molecule has 6 nitrogen and oxygen atoms in total. The number of anilines is 1. The Morgan fingerprint density at radius 3 is 2.96 bits per heavy atom. The number of ether oxygens (including phenoxy) is 1. The lowest BCUT2D eigenvalue weighted by molar-refractivity contribution is -0.125. The maximum Gasteiger partial charge on any atom is 0.226 e. The predicted molar refractivity (Wildman–Crippen MR) is 89.9 cm³/mol. The lowest BCUT2D eigenvalue weighted by Crippen LogP contribution is -2.41. The van der Waals surface area contributed by atoms with Gasteiger partial charge in [0.2, 0.25) is 11.8 Å². The Labute approximate surface area is 140 Å². The highest BCUT2D eigenvalue weighted by Crippen LogP contribution is 2.27. The van der Waals surface area contributed by atoms with E-state index in [1.807, 2.05) is 0 Å². The zero-order valence-electron chi connectivity index (χ0n) is 13.2. The van der Waals surface area contributed by atoms with E-state index in [1.54, 1.807) is 18.2 Å². The van der Waals surface area contributed by atoms with Gasteiger partial charge in [0.25, 0.3) is 0 Å². The number of benzene rings is 1. The summed E-state index contributed by atoms with van der Waals surface area (Å²) >= 11 is 5.92. The Kier molecular flexibility index (Phi) is 6.67. The van der Waals surface area contributed by atoms with Crippen molar-refractivity contribution in [1.29, 1.82) is 0 Å². The van der Waals surface area contributed by atoms with Crippen molar-refractivity contribution in [3.05, 3.63) is 23.2 Å². The van der Waals surface area contributed by atoms with E-state index in [4.69, 9.17) is 16.3 Å². The van der Waals surface area contributed by atoms with Gasteiger partial charge in [0.1, 0.15) is 5.75 Å². The summed E-state index contributed by atoms with van der Waals surface area (Å²) in [5.41, 5.74) is 0.521. The van der Waals surface area contributed by atoms with E-state index in [-0.39, 0.29) is 24.2 Å². The number of carbonyl (C=O) groups is 2. The van der Waals surface area contributed by atoms with Gasteiger partial charge in [0, 0.05) is 24.5 Å². The van der Waals surface area contributed by atoms with Crippen LogP contribution in [0.1, 0.15) is 19.3 Å². The molecule has 1 fully saturated rings. The average molecular weight is 340 g/mol. The minimum absolute atomic E-state index is 0.000153. The summed E-state index contributed by atoms with van der Waals surface area (Å²) in [6.07, 6.45) is 2.10. The van der Waals surface area contributed by atoms with E-state index in [0.717, 1.165) is 19.4 Å². The first-order valence-electron chi connectivity index (χ1n) is 7.72. The highest BCUT2D eigenvalue weighted by atomic mass is 35.5. The summed E-state index contributed by atoms with van der Waals surface area (Å²) in [6, 6.07) is 5.01. The third-order valence-corrected chi connectivity index (χ3v) is 3.99. The monoisotopic (exact) mass is 339 g/mol. The molecule has 2 amide bonds. The van der Waals surface area contributed by atoms with E-state index in [9.17, 15) is 9.59 Å². The van der Waals surface area contributed by atoms with E-state index in [1.165, 1.54) is 7.11 Å². The number of amides is 2. The third kappa shape index (κ3) is 5.41. The summed E-state index contributed by atoms with van der Waals surface area (Å²) in [5.74, 6) is 0.345. The smallest absolute Gasteiger partial charge is 0.226 e. The van der Waals surface area contributed by atoms with Crippen LogP contribution < -0.4 is 20.7 Å². The normalized spacial score (nSPS) is 17.4. The standard InChI is InChI=1S/C16H22ClN3O3/c1-23-14-5-4-12(17)9-13(14)20-15(21)6-8-19-16(22)11-3-2-7-18-10-11/h4-5,9,11,18H,2-3,6-8,10H2,1H3,(H,19,22)(H,20,21). The number of hydrogen-bond donors (Lipinski definition) is 3.